The van der Waals surface area contributed by atoms with E-state index in [4.69, 9.17) is 0 Å². The van der Waals surface area contributed by atoms with E-state index in [1.54, 1.807) is 12.1 Å². The van der Waals surface area contributed by atoms with Crippen LogP contribution in [0.5, 0.6) is 0 Å². The molecule has 0 aliphatic carbocycles. The molecule has 2 atom stereocenters. The first-order valence-corrected chi connectivity index (χ1v) is 8.90. The van der Waals surface area contributed by atoms with Gasteiger partial charge in [-0.05, 0) is 50.9 Å². The van der Waals surface area contributed by atoms with E-state index in [-0.39, 0.29) is 30.1 Å². The maximum absolute atomic E-state index is 12.1. The first-order chi connectivity index (χ1) is 11.1. The summed E-state index contributed by atoms with van der Waals surface area (Å²) in [7, 11) is 0. The molecule has 2 amide bonds. The van der Waals surface area contributed by atoms with Crippen LogP contribution in [-0.2, 0) is 4.79 Å². The number of benzene rings is 1. The normalized spacial score (nSPS) is 19.9. The predicted octanol–water partition coefficient (Wildman–Crippen LogP) is 2.50. The molecule has 5 nitrogen and oxygen atoms in total. The molecule has 7 heteroatoms. The molecule has 1 saturated heterocycles. The Morgan fingerprint density at radius 1 is 1.29 bits per heavy atom. The van der Waals surface area contributed by atoms with Crippen LogP contribution < -0.4 is 16.0 Å². The van der Waals surface area contributed by atoms with Gasteiger partial charge in [0.25, 0.3) is 5.91 Å². The molecule has 0 unspecified atom stereocenters. The SMILES string of the molecule is C[C@H]1C[C@@H](C(=O)NCCCNC(=O)c2cccc(Br)c2)CCN1.Cl. The molecular weight excluding hydrogens is 394 g/mol. The molecule has 1 fully saturated rings. The Morgan fingerprint density at radius 3 is 2.75 bits per heavy atom. The highest BCUT2D eigenvalue weighted by Gasteiger charge is 2.24. The molecule has 24 heavy (non-hydrogen) atoms. The summed E-state index contributed by atoms with van der Waals surface area (Å²) in [6.07, 6.45) is 2.52. The van der Waals surface area contributed by atoms with Gasteiger partial charge in [-0.15, -0.1) is 12.4 Å². The van der Waals surface area contributed by atoms with Crippen LogP contribution in [0.2, 0.25) is 0 Å². The molecule has 1 heterocycles. The quantitative estimate of drug-likeness (QED) is 0.622. The molecule has 0 saturated carbocycles. The maximum atomic E-state index is 12.1. The summed E-state index contributed by atoms with van der Waals surface area (Å²) >= 11 is 3.35. The van der Waals surface area contributed by atoms with Crippen LogP contribution in [0, 0.1) is 5.92 Å². The molecule has 1 aliphatic heterocycles. The van der Waals surface area contributed by atoms with E-state index in [2.05, 4.69) is 38.8 Å². The summed E-state index contributed by atoms with van der Waals surface area (Å²) in [5, 5.41) is 9.18. The van der Waals surface area contributed by atoms with Gasteiger partial charge in [-0.25, -0.2) is 0 Å². The van der Waals surface area contributed by atoms with Crippen molar-refractivity contribution in [2.75, 3.05) is 19.6 Å². The number of hydrogen-bond acceptors (Lipinski definition) is 3. The van der Waals surface area contributed by atoms with Gasteiger partial charge in [-0.3, -0.25) is 9.59 Å². The molecule has 2 rings (SSSR count). The van der Waals surface area contributed by atoms with Gasteiger partial charge >= 0.3 is 0 Å². The second-order valence-corrected chi connectivity index (χ2v) is 6.90. The Kier molecular flexibility index (Phi) is 9.33. The van der Waals surface area contributed by atoms with Gasteiger partial charge in [-0.2, -0.15) is 0 Å². The minimum atomic E-state index is -0.0928. The van der Waals surface area contributed by atoms with Gasteiger partial charge in [0.15, 0.2) is 0 Å². The van der Waals surface area contributed by atoms with E-state index in [1.165, 1.54) is 0 Å². The topological polar surface area (TPSA) is 70.2 Å². The lowest BCUT2D eigenvalue weighted by molar-refractivity contribution is -0.126. The summed E-state index contributed by atoms with van der Waals surface area (Å²) in [4.78, 5) is 24.0. The second-order valence-electron chi connectivity index (χ2n) is 5.99. The highest BCUT2D eigenvalue weighted by Crippen LogP contribution is 2.15. The zero-order chi connectivity index (χ0) is 16.7. The highest BCUT2D eigenvalue weighted by molar-refractivity contribution is 9.10. The zero-order valence-corrected chi connectivity index (χ0v) is 16.2. The number of halogens is 2. The first kappa shape index (κ1) is 20.9. The highest BCUT2D eigenvalue weighted by atomic mass is 79.9. The molecule has 3 N–H and O–H groups in total. The van der Waals surface area contributed by atoms with Crippen molar-refractivity contribution in [1.82, 2.24) is 16.0 Å². The summed E-state index contributed by atoms with van der Waals surface area (Å²) in [6, 6.07) is 7.69. The third kappa shape index (κ3) is 6.79. The molecule has 1 aliphatic rings. The predicted molar refractivity (Wildman–Crippen MR) is 102 cm³/mol. The molecule has 0 aromatic heterocycles. The van der Waals surface area contributed by atoms with E-state index in [1.807, 2.05) is 12.1 Å². The number of piperidine rings is 1. The van der Waals surface area contributed by atoms with Crippen LogP contribution in [0.15, 0.2) is 28.7 Å². The lowest BCUT2D eigenvalue weighted by Gasteiger charge is -2.27. The van der Waals surface area contributed by atoms with E-state index < -0.39 is 0 Å². The Morgan fingerprint density at radius 2 is 2.04 bits per heavy atom. The van der Waals surface area contributed by atoms with Crippen molar-refractivity contribution in [2.24, 2.45) is 5.92 Å². The van der Waals surface area contributed by atoms with Crippen molar-refractivity contribution >= 4 is 40.2 Å². The van der Waals surface area contributed by atoms with Crippen LogP contribution in [-0.4, -0.2) is 37.5 Å². The zero-order valence-electron chi connectivity index (χ0n) is 13.8. The third-order valence-corrected chi connectivity index (χ3v) is 4.51. The number of amides is 2. The number of nitrogens with one attached hydrogen (secondary N) is 3. The van der Waals surface area contributed by atoms with Crippen LogP contribution in [0.4, 0.5) is 0 Å². The van der Waals surface area contributed by atoms with Crippen molar-refractivity contribution < 1.29 is 9.59 Å². The maximum Gasteiger partial charge on any atom is 0.251 e. The lowest BCUT2D eigenvalue weighted by atomic mass is 9.92. The number of hydrogen-bond donors (Lipinski definition) is 3. The second kappa shape index (κ2) is 10.7. The van der Waals surface area contributed by atoms with Crippen molar-refractivity contribution in [1.29, 1.82) is 0 Å². The first-order valence-electron chi connectivity index (χ1n) is 8.11. The van der Waals surface area contributed by atoms with Gasteiger partial charge in [0.1, 0.15) is 0 Å². The van der Waals surface area contributed by atoms with E-state index >= 15 is 0 Å². The minimum Gasteiger partial charge on any atom is -0.356 e. The number of rotatable bonds is 6. The Labute approximate surface area is 157 Å². The van der Waals surface area contributed by atoms with Gasteiger partial charge in [0.05, 0.1) is 0 Å². The van der Waals surface area contributed by atoms with Gasteiger partial charge < -0.3 is 16.0 Å². The summed E-state index contributed by atoms with van der Waals surface area (Å²) in [5.74, 6) is 0.156. The van der Waals surface area contributed by atoms with Crippen molar-refractivity contribution in [3.05, 3.63) is 34.3 Å². The molecular formula is C17H25BrClN3O2. The standard InChI is InChI=1S/C17H24BrN3O2.ClH/c1-12-10-14(6-9-19-12)17(23)21-8-3-7-20-16(22)13-4-2-5-15(18)11-13;/h2,4-5,11-12,14,19H,3,6-10H2,1H3,(H,20,22)(H,21,23);1H/t12-,14-;/m0./s1. The van der Waals surface area contributed by atoms with Crippen molar-refractivity contribution in [2.45, 2.75) is 32.2 Å². The number of carbonyl (C=O) groups is 2. The average molecular weight is 419 g/mol. The number of carbonyl (C=O) groups excluding carboxylic acids is 2. The fraction of sp³-hybridized carbons (Fsp3) is 0.529. The lowest BCUT2D eigenvalue weighted by Crippen LogP contribution is -2.42. The molecule has 0 bridgehead atoms. The van der Waals surface area contributed by atoms with Crippen LogP contribution in [0.1, 0.15) is 36.5 Å². The van der Waals surface area contributed by atoms with E-state index in [9.17, 15) is 9.59 Å². The van der Waals surface area contributed by atoms with Gasteiger partial charge in [0.2, 0.25) is 5.91 Å². The van der Waals surface area contributed by atoms with Crippen molar-refractivity contribution in [3.8, 4) is 0 Å². The smallest absolute Gasteiger partial charge is 0.251 e. The van der Waals surface area contributed by atoms with Crippen molar-refractivity contribution in [3.63, 3.8) is 0 Å². The fourth-order valence-corrected chi connectivity index (χ4v) is 3.15. The Bertz CT molecular complexity index is 556. The summed E-state index contributed by atoms with van der Waals surface area (Å²) < 4.78 is 0.883. The minimum absolute atomic E-state index is 0. The largest absolute Gasteiger partial charge is 0.356 e. The Hall–Kier alpha value is -1.11. The molecule has 0 spiro atoms. The van der Waals surface area contributed by atoms with Crippen LogP contribution >= 0.6 is 28.3 Å². The average Bonchev–Trinajstić information content (AvgIpc) is 2.54. The third-order valence-electron chi connectivity index (χ3n) is 4.02. The van der Waals surface area contributed by atoms with Crippen LogP contribution in [0.3, 0.4) is 0 Å². The van der Waals surface area contributed by atoms with Gasteiger partial charge in [0, 0.05) is 35.1 Å². The van der Waals surface area contributed by atoms with Gasteiger partial charge in [-0.1, -0.05) is 22.0 Å². The summed E-state index contributed by atoms with van der Waals surface area (Å²) in [5.41, 5.74) is 0.632. The molecule has 134 valence electrons. The molecule has 1 aromatic carbocycles. The monoisotopic (exact) mass is 417 g/mol. The Balaban J connectivity index is 0.00000288. The van der Waals surface area contributed by atoms with E-state index in [0.717, 1.165) is 30.3 Å². The summed E-state index contributed by atoms with van der Waals surface area (Å²) in [6.45, 7) is 4.16. The van der Waals surface area contributed by atoms with Crippen LogP contribution in [0.25, 0.3) is 0 Å². The molecule has 0 radical (unpaired) electrons. The van der Waals surface area contributed by atoms with E-state index in [0.29, 0.717) is 24.7 Å². The molecule has 1 aromatic rings. The fourth-order valence-electron chi connectivity index (χ4n) is 2.75.